The van der Waals surface area contributed by atoms with E-state index in [1.165, 1.54) is 24.6 Å². The molecule has 0 nitrogen and oxygen atoms in total. The third-order valence-electron chi connectivity index (χ3n) is 3.04. The van der Waals surface area contributed by atoms with Crippen LogP contribution in [0.4, 0.5) is 8.78 Å². The van der Waals surface area contributed by atoms with Gasteiger partial charge in [0.05, 0.1) is 0 Å². The van der Waals surface area contributed by atoms with Gasteiger partial charge in [-0.15, -0.1) is 0 Å². The standard InChI is InChI=1S/C12H13BrF2/c13-11-4-2-1-3-9(11)10-7-8(14)5-6-12(10)15/h5-7,9,11H,1-4H2. The largest absolute Gasteiger partial charge is 0.207 e. The summed E-state index contributed by atoms with van der Waals surface area (Å²) in [6, 6.07) is 3.73. The highest BCUT2D eigenvalue weighted by atomic mass is 79.9. The molecule has 1 aliphatic rings. The molecule has 0 bridgehead atoms. The van der Waals surface area contributed by atoms with Crippen LogP contribution in [0.15, 0.2) is 18.2 Å². The zero-order chi connectivity index (χ0) is 10.8. The van der Waals surface area contributed by atoms with E-state index in [0.29, 0.717) is 5.56 Å². The van der Waals surface area contributed by atoms with Crippen molar-refractivity contribution in [1.29, 1.82) is 0 Å². The number of hydrogen-bond donors (Lipinski definition) is 0. The van der Waals surface area contributed by atoms with Crippen molar-refractivity contribution in [3.63, 3.8) is 0 Å². The topological polar surface area (TPSA) is 0 Å². The Hall–Kier alpha value is -0.440. The Morgan fingerprint density at radius 1 is 1.13 bits per heavy atom. The van der Waals surface area contributed by atoms with E-state index in [2.05, 4.69) is 15.9 Å². The van der Waals surface area contributed by atoms with Gasteiger partial charge in [0.1, 0.15) is 11.6 Å². The minimum Gasteiger partial charge on any atom is -0.207 e. The Morgan fingerprint density at radius 3 is 2.60 bits per heavy atom. The zero-order valence-electron chi connectivity index (χ0n) is 8.35. The summed E-state index contributed by atoms with van der Waals surface area (Å²) in [6.45, 7) is 0. The highest BCUT2D eigenvalue weighted by molar-refractivity contribution is 9.09. The van der Waals surface area contributed by atoms with Crippen LogP contribution in [0.5, 0.6) is 0 Å². The maximum atomic E-state index is 13.5. The molecule has 1 aromatic rings. The summed E-state index contributed by atoms with van der Waals surface area (Å²) in [5, 5.41) is 0. The highest BCUT2D eigenvalue weighted by Crippen LogP contribution is 2.38. The smallest absolute Gasteiger partial charge is 0.126 e. The summed E-state index contributed by atoms with van der Waals surface area (Å²) in [5.74, 6) is -0.515. The van der Waals surface area contributed by atoms with Gasteiger partial charge in [-0.25, -0.2) is 8.78 Å². The molecule has 0 aromatic heterocycles. The Morgan fingerprint density at radius 2 is 1.87 bits per heavy atom. The average molecular weight is 275 g/mol. The first-order chi connectivity index (χ1) is 7.18. The van der Waals surface area contributed by atoms with E-state index in [1.807, 2.05) is 0 Å². The van der Waals surface area contributed by atoms with E-state index in [-0.39, 0.29) is 22.4 Å². The second-order valence-corrected chi connectivity index (χ2v) is 5.25. The van der Waals surface area contributed by atoms with Crippen LogP contribution in [0, 0.1) is 11.6 Å². The molecule has 0 heterocycles. The van der Waals surface area contributed by atoms with Gasteiger partial charge < -0.3 is 0 Å². The van der Waals surface area contributed by atoms with Gasteiger partial charge in [-0.3, -0.25) is 0 Å². The van der Waals surface area contributed by atoms with Crippen molar-refractivity contribution in [2.24, 2.45) is 0 Å². The molecular weight excluding hydrogens is 262 g/mol. The number of alkyl halides is 1. The summed E-state index contributed by atoms with van der Waals surface area (Å²) in [6.07, 6.45) is 4.25. The molecule has 0 radical (unpaired) electrons. The van der Waals surface area contributed by atoms with E-state index in [4.69, 9.17) is 0 Å². The summed E-state index contributed by atoms with van der Waals surface area (Å²) in [5.41, 5.74) is 0.525. The lowest BCUT2D eigenvalue weighted by molar-refractivity contribution is 0.442. The van der Waals surface area contributed by atoms with Crippen LogP contribution in [0.2, 0.25) is 0 Å². The van der Waals surface area contributed by atoms with Crippen LogP contribution in [-0.2, 0) is 0 Å². The molecule has 1 aliphatic carbocycles. The third kappa shape index (κ3) is 2.39. The van der Waals surface area contributed by atoms with E-state index in [9.17, 15) is 8.78 Å². The predicted octanol–water partition coefficient (Wildman–Crippen LogP) is 4.39. The number of rotatable bonds is 1. The first-order valence-corrected chi connectivity index (χ1v) is 6.19. The molecule has 0 spiro atoms. The molecule has 0 amide bonds. The number of benzene rings is 1. The van der Waals surface area contributed by atoms with Crippen molar-refractivity contribution < 1.29 is 8.78 Å². The Bertz CT molecular complexity index is 351. The highest BCUT2D eigenvalue weighted by Gasteiger charge is 2.26. The van der Waals surface area contributed by atoms with Crippen molar-refractivity contribution in [3.05, 3.63) is 35.4 Å². The summed E-state index contributed by atoms with van der Waals surface area (Å²) >= 11 is 3.56. The molecule has 2 rings (SSSR count). The van der Waals surface area contributed by atoms with Crippen LogP contribution < -0.4 is 0 Å². The lowest BCUT2D eigenvalue weighted by Crippen LogP contribution is -2.18. The minimum atomic E-state index is -0.350. The molecule has 3 heteroatoms. The van der Waals surface area contributed by atoms with Gasteiger partial charge in [-0.05, 0) is 42.5 Å². The SMILES string of the molecule is Fc1ccc(F)c(C2CCCCC2Br)c1. The second-order valence-electron chi connectivity index (χ2n) is 4.07. The van der Waals surface area contributed by atoms with Crippen molar-refractivity contribution in [3.8, 4) is 0 Å². The van der Waals surface area contributed by atoms with E-state index < -0.39 is 0 Å². The summed E-state index contributed by atoms with van der Waals surface area (Å²) < 4.78 is 26.6. The summed E-state index contributed by atoms with van der Waals surface area (Å²) in [4.78, 5) is 0.280. The lowest BCUT2D eigenvalue weighted by atomic mass is 9.84. The van der Waals surface area contributed by atoms with Gasteiger partial charge in [0.25, 0.3) is 0 Å². The van der Waals surface area contributed by atoms with Crippen LogP contribution in [0.3, 0.4) is 0 Å². The van der Waals surface area contributed by atoms with E-state index in [1.54, 1.807) is 0 Å². The molecule has 1 fully saturated rings. The van der Waals surface area contributed by atoms with Crippen LogP contribution in [0.1, 0.15) is 37.2 Å². The van der Waals surface area contributed by atoms with E-state index in [0.717, 1.165) is 19.3 Å². The molecule has 82 valence electrons. The van der Waals surface area contributed by atoms with Crippen LogP contribution in [-0.4, -0.2) is 4.83 Å². The molecule has 1 saturated carbocycles. The third-order valence-corrected chi connectivity index (χ3v) is 4.14. The minimum absolute atomic E-state index is 0.120. The lowest BCUT2D eigenvalue weighted by Gasteiger charge is -2.27. The first kappa shape index (κ1) is 11.1. The van der Waals surface area contributed by atoms with Crippen LogP contribution >= 0.6 is 15.9 Å². The van der Waals surface area contributed by atoms with Crippen molar-refractivity contribution >= 4 is 15.9 Å². The number of halogens is 3. The monoisotopic (exact) mass is 274 g/mol. The molecule has 0 aliphatic heterocycles. The molecule has 15 heavy (non-hydrogen) atoms. The molecule has 0 saturated heterocycles. The zero-order valence-corrected chi connectivity index (χ0v) is 9.94. The predicted molar refractivity (Wildman–Crippen MR) is 60.3 cm³/mol. The van der Waals surface area contributed by atoms with Gasteiger partial charge in [0.15, 0.2) is 0 Å². The molecule has 2 atom stereocenters. The van der Waals surface area contributed by atoms with Crippen molar-refractivity contribution in [1.82, 2.24) is 0 Å². The first-order valence-electron chi connectivity index (χ1n) is 5.27. The molecular formula is C12H13BrF2. The Labute approximate surface area is 96.8 Å². The van der Waals surface area contributed by atoms with Crippen molar-refractivity contribution in [2.75, 3.05) is 0 Å². The molecule has 1 aromatic carbocycles. The fourth-order valence-electron chi connectivity index (χ4n) is 2.23. The maximum absolute atomic E-state index is 13.5. The Kier molecular flexibility index (Phi) is 3.39. The van der Waals surface area contributed by atoms with Gasteiger partial charge in [0.2, 0.25) is 0 Å². The van der Waals surface area contributed by atoms with E-state index >= 15 is 0 Å². The van der Waals surface area contributed by atoms with Gasteiger partial charge >= 0.3 is 0 Å². The van der Waals surface area contributed by atoms with Gasteiger partial charge in [0, 0.05) is 4.83 Å². The summed E-state index contributed by atoms with van der Waals surface area (Å²) in [7, 11) is 0. The fraction of sp³-hybridized carbons (Fsp3) is 0.500. The van der Waals surface area contributed by atoms with Crippen LogP contribution in [0.25, 0.3) is 0 Å². The maximum Gasteiger partial charge on any atom is 0.126 e. The molecule has 2 unspecified atom stereocenters. The van der Waals surface area contributed by atoms with Crippen molar-refractivity contribution in [2.45, 2.75) is 36.4 Å². The Balaban J connectivity index is 2.30. The average Bonchev–Trinajstić information content (AvgIpc) is 2.23. The normalized spacial score (nSPS) is 26.6. The number of hydrogen-bond acceptors (Lipinski definition) is 0. The molecule has 0 N–H and O–H groups in total. The van der Waals surface area contributed by atoms with Gasteiger partial charge in [-0.2, -0.15) is 0 Å². The fourth-order valence-corrected chi connectivity index (χ4v) is 3.11. The van der Waals surface area contributed by atoms with Gasteiger partial charge in [-0.1, -0.05) is 28.8 Å². The quantitative estimate of drug-likeness (QED) is 0.667. The second kappa shape index (κ2) is 4.60.